The van der Waals surface area contributed by atoms with Crippen molar-refractivity contribution in [1.29, 1.82) is 0 Å². The van der Waals surface area contributed by atoms with Crippen LogP contribution in [0.1, 0.15) is 36.9 Å². The van der Waals surface area contributed by atoms with E-state index in [4.69, 9.17) is 4.99 Å². The monoisotopic (exact) mass is 448 g/mol. The topological polar surface area (TPSA) is 72.0 Å². The van der Waals surface area contributed by atoms with E-state index in [9.17, 15) is 4.79 Å². The molecule has 1 unspecified atom stereocenters. The van der Waals surface area contributed by atoms with Crippen molar-refractivity contribution in [1.82, 2.24) is 20.9 Å². The molecule has 4 rings (SSSR count). The molecular weight excluding hydrogens is 412 g/mol. The molecule has 2 heterocycles. The Morgan fingerprint density at radius 3 is 2.48 bits per heavy atom. The number of benzene rings is 2. The molecule has 2 aliphatic rings. The number of guanidine groups is 1. The Morgan fingerprint density at radius 1 is 1.03 bits per heavy atom. The highest BCUT2D eigenvalue weighted by molar-refractivity contribution is 5.82. The number of hydrogen-bond donors (Lipinski definition) is 3. The largest absolute Gasteiger partial charge is 0.360 e. The minimum atomic E-state index is 0.0824. The van der Waals surface area contributed by atoms with E-state index in [0.717, 1.165) is 49.9 Å². The van der Waals surface area contributed by atoms with Crippen molar-refractivity contribution in [3.8, 4) is 0 Å². The van der Waals surface area contributed by atoms with Gasteiger partial charge in [0.1, 0.15) is 0 Å². The molecule has 1 atom stereocenters. The average Bonchev–Trinajstić information content (AvgIpc) is 3.38. The molecule has 1 amide bonds. The molecule has 7 nitrogen and oxygen atoms in total. The van der Waals surface area contributed by atoms with Crippen LogP contribution in [0.15, 0.2) is 59.6 Å². The summed E-state index contributed by atoms with van der Waals surface area (Å²) in [5, 5.41) is 9.84. The Hall–Kier alpha value is -3.06. The van der Waals surface area contributed by atoms with Crippen LogP contribution < -0.4 is 20.9 Å². The number of carbonyl (C=O) groups is 1. The van der Waals surface area contributed by atoms with Crippen LogP contribution in [0.5, 0.6) is 0 Å². The third-order valence-corrected chi connectivity index (χ3v) is 6.33. The molecule has 0 spiro atoms. The van der Waals surface area contributed by atoms with Crippen LogP contribution >= 0.6 is 0 Å². The number of anilines is 1. The molecule has 2 aromatic rings. The molecule has 2 saturated heterocycles. The van der Waals surface area contributed by atoms with E-state index >= 15 is 0 Å². The lowest BCUT2D eigenvalue weighted by Gasteiger charge is -2.29. The van der Waals surface area contributed by atoms with Gasteiger partial charge < -0.3 is 20.9 Å². The molecule has 2 aliphatic heterocycles. The second kappa shape index (κ2) is 11.7. The van der Waals surface area contributed by atoms with Gasteiger partial charge in [0.2, 0.25) is 5.91 Å². The van der Waals surface area contributed by atoms with Gasteiger partial charge in [-0.15, -0.1) is 0 Å². The Kier molecular flexibility index (Phi) is 8.19. The lowest BCUT2D eigenvalue weighted by atomic mass is 10.1. The molecule has 0 bridgehead atoms. The van der Waals surface area contributed by atoms with Crippen molar-refractivity contribution in [3.05, 3.63) is 65.7 Å². The fourth-order valence-electron chi connectivity index (χ4n) is 4.56. The van der Waals surface area contributed by atoms with E-state index in [-0.39, 0.29) is 5.91 Å². The van der Waals surface area contributed by atoms with Gasteiger partial charge in [-0.3, -0.25) is 9.69 Å². The molecule has 3 N–H and O–H groups in total. The molecule has 176 valence electrons. The van der Waals surface area contributed by atoms with Crippen LogP contribution in [-0.2, 0) is 11.3 Å². The Labute approximate surface area is 197 Å². The summed E-state index contributed by atoms with van der Waals surface area (Å²) >= 11 is 0. The number of likely N-dealkylation sites (tertiary alicyclic amines) is 1. The molecule has 2 aromatic carbocycles. The summed E-state index contributed by atoms with van der Waals surface area (Å²) < 4.78 is 0. The van der Waals surface area contributed by atoms with E-state index in [1.165, 1.54) is 18.4 Å². The maximum atomic E-state index is 11.6. The standard InChI is InChI=1S/C26H36N6O/c1-2-27-26(30-19-24(31-15-6-7-16-31)22-8-4-3-5-9-22)29-18-21-10-12-23(13-11-21)32-17-14-28-25(33)20-32/h3-5,8-13,24H,2,6-7,14-20H2,1H3,(H,28,33)(H2,27,29,30). The van der Waals surface area contributed by atoms with Gasteiger partial charge in [0, 0.05) is 31.9 Å². The van der Waals surface area contributed by atoms with Crippen LogP contribution in [-0.4, -0.2) is 62.6 Å². The van der Waals surface area contributed by atoms with Gasteiger partial charge >= 0.3 is 0 Å². The lowest BCUT2D eigenvalue weighted by molar-refractivity contribution is -0.120. The summed E-state index contributed by atoms with van der Waals surface area (Å²) in [7, 11) is 0. The van der Waals surface area contributed by atoms with Crippen LogP contribution in [0.3, 0.4) is 0 Å². The molecule has 0 aromatic heterocycles. The lowest BCUT2D eigenvalue weighted by Crippen LogP contribution is -2.47. The van der Waals surface area contributed by atoms with Crippen molar-refractivity contribution >= 4 is 17.6 Å². The van der Waals surface area contributed by atoms with E-state index in [1.54, 1.807) is 0 Å². The molecular formula is C26H36N6O. The second-order valence-corrected chi connectivity index (χ2v) is 8.68. The Morgan fingerprint density at radius 2 is 1.79 bits per heavy atom. The first-order valence-corrected chi connectivity index (χ1v) is 12.1. The number of nitrogens with one attached hydrogen (secondary N) is 3. The van der Waals surface area contributed by atoms with E-state index in [2.05, 4.69) is 87.3 Å². The van der Waals surface area contributed by atoms with Crippen LogP contribution in [0.2, 0.25) is 0 Å². The molecule has 0 saturated carbocycles. The Bertz CT molecular complexity index is 908. The fourth-order valence-corrected chi connectivity index (χ4v) is 4.56. The first-order chi connectivity index (χ1) is 16.2. The summed E-state index contributed by atoms with van der Waals surface area (Å²) in [4.78, 5) is 21.2. The maximum absolute atomic E-state index is 11.6. The first kappa shape index (κ1) is 23.1. The van der Waals surface area contributed by atoms with Gasteiger partial charge in [-0.1, -0.05) is 42.5 Å². The summed E-state index contributed by atoms with van der Waals surface area (Å²) in [6.07, 6.45) is 2.55. The maximum Gasteiger partial charge on any atom is 0.239 e. The molecule has 7 heteroatoms. The third kappa shape index (κ3) is 6.48. The second-order valence-electron chi connectivity index (χ2n) is 8.68. The fraction of sp³-hybridized carbons (Fsp3) is 0.462. The van der Waals surface area contributed by atoms with Crippen LogP contribution in [0.4, 0.5) is 5.69 Å². The summed E-state index contributed by atoms with van der Waals surface area (Å²) in [6, 6.07) is 19.5. The average molecular weight is 449 g/mol. The number of amides is 1. The van der Waals surface area contributed by atoms with E-state index in [0.29, 0.717) is 25.7 Å². The van der Waals surface area contributed by atoms with E-state index < -0.39 is 0 Å². The highest BCUT2D eigenvalue weighted by Crippen LogP contribution is 2.24. The Balaban J connectivity index is 1.38. The van der Waals surface area contributed by atoms with Crippen molar-refractivity contribution in [2.45, 2.75) is 32.4 Å². The molecule has 2 fully saturated rings. The zero-order valence-corrected chi connectivity index (χ0v) is 19.6. The van der Waals surface area contributed by atoms with Crippen molar-refractivity contribution < 1.29 is 4.79 Å². The predicted octanol–water partition coefficient (Wildman–Crippen LogP) is 2.52. The van der Waals surface area contributed by atoms with Crippen molar-refractivity contribution in [3.63, 3.8) is 0 Å². The van der Waals surface area contributed by atoms with Gasteiger partial charge in [0.15, 0.2) is 5.96 Å². The van der Waals surface area contributed by atoms with Gasteiger partial charge in [0.25, 0.3) is 0 Å². The number of piperazine rings is 1. The number of carbonyl (C=O) groups excluding carboxylic acids is 1. The quantitative estimate of drug-likeness (QED) is 0.428. The zero-order valence-electron chi connectivity index (χ0n) is 19.6. The number of rotatable bonds is 8. The summed E-state index contributed by atoms with van der Waals surface area (Å²) in [6.45, 7) is 8.62. The minimum absolute atomic E-state index is 0.0824. The van der Waals surface area contributed by atoms with E-state index in [1.807, 2.05) is 0 Å². The molecule has 0 radical (unpaired) electrons. The van der Waals surface area contributed by atoms with Gasteiger partial charge in [-0.25, -0.2) is 4.99 Å². The predicted molar refractivity (Wildman–Crippen MR) is 134 cm³/mol. The van der Waals surface area contributed by atoms with Crippen molar-refractivity contribution in [2.75, 3.05) is 50.7 Å². The van der Waals surface area contributed by atoms with Gasteiger partial charge in [-0.05, 0) is 56.1 Å². The summed E-state index contributed by atoms with van der Waals surface area (Å²) in [5.74, 6) is 0.924. The highest BCUT2D eigenvalue weighted by Gasteiger charge is 2.23. The minimum Gasteiger partial charge on any atom is -0.360 e. The molecule has 0 aliphatic carbocycles. The highest BCUT2D eigenvalue weighted by atomic mass is 16.2. The summed E-state index contributed by atoms with van der Waals surface area (Å²) in [5.41, 5.74) is 3.58. The first-order valence-electron chi connectivity index (χ1n) is 12.1. The third-order valence-electron chi connectivity index (χ3n) is 6.33. The molecule has 33 heavy (non-hydrogen) atoms. The van der Waals surface area contributed by atoms with Crippen LogP contribution in [0, 0.1) is 0 Å². The van der Waals surface area contributed by atoms with Crippen molar-refractivity contribution in [2.24, 2.45) is 4.99 Å². The smallest absolute Gasteiger partial charge is 0.239 e. The zero-order chi connectivity index (χ0) is 22.9. The van der Waals surface area contributed by atoms with Gasteiger partial charge in [0.05, 0.1) is 19.1 Å². The SMILES string of the molecule is CCNC(=NCc1ccc(N2CCNC(=O)C2)cc1)NCC(c1ccccc1)N1CCCC1. The number of aliphatic imine (C=N–C) groups is 1. The van der Waals surface area contributed by atoms with Crippen LogP contribution in [0.25, 0.3) is 0 Å². The normalized spacial score (nSPS) is 18.2. The number of nitrogens with zero attached hydrogens (tertiary/aromatic N) is 3. The van der Waals surface area contributed by atoms with Gasteiger partial charge in [-0.2, -0.15) is 0 Å². The number of hydrogen-bond acceptors (Lipinski definition) is 4.